The molecule has 0 aliphatic rings. The Morgan fingerprint density at radius 3 is 1.55 bits per heavy atom. The van der Waals surface area contributed by atoms with E-state index in [1.165, 1.54) is 48.6 Å². The Morgan fingerprint density at radius 1 is 0.548 bits per heavy atom. The summed E-state index contributed by atoms with van der Waals surface area (Å²) >= 11 is 1.86. The van der Waals surface area contributed by atoms with Crippen molar-refractivity contribution in [3.05, 3.63) is 99.5 Å². The first-order chi connectivity index (χ1) is 14.4. The summed E-state index contributed by atoms with van der Waals surface area (Å²) in [5.74, 6) is 0. The summed E-state index contributed by atoms with van der Waals surface area (Å²) in [4.78, 5) is 0. The van der Waals surface area contributed by atoms with Gasteiger partial charge in [0.25, 0.3) is 0 Å². The predicted molar refractivity (Wildman–Crippen MR) is 136 cm³/mol. The van der Waals surface area contributed by atoms with Gasteiger partial charge in [0.1, 0.15) is 0 Å². The average Bonchev–Trinajstić information content (AvgIpc) is 3.00. The maximum atomic E-state index is 3.85. The van der Waals surface area contributed by atoms with E-state index in [0.717, 1.165) is 0 Å². The van der Waals surface area contributed by atoms with Gasteiger partial charge in [0.05, 0.1) is 0 Å². The smallest absolute Gasteiger partial charge is 1.00 e. The largest absolute Gasteiger partial charge is 1.00 e. The van der Waals surface area contributed by atoms with E-state index >= 15 is 0 Å². The molecule has 5 rings (SSSR count). The third kappa shape index (κ3) is 4.07. The molecule has 0 spiro atoms. The fourth-order valence-electron chi connectivity index (χ4n) is 4.26. The monoisotopic (exact) mass is 648 g/mol. The number of hydrogen-bond acceptors (Lipinski definition) is 0. The second-order valence-electron chi connectivity index (χ2n) is 8.29. The molecule has 0 N–H and O–H groups in total. The minimum Gasteiger partial charge on any atom is -1.00 e. The van der Waals surface area contributed by atoms with Crippen LogP contribution in [0.1, 0.15) is 22.3 Å². The van der Waals surface area contributed by atoms with Gasteiger partial charge in [-0.15, -0.1) is 0 Å². The Morgan fingerprint density at radius 2 is 1.00 bits per heavy atom. The van der Waals surface area contributed by atoms with Gasteiger partial charge in [0, 0.05) is 0 Å². The van der Waals surface area contributed by atoms with E-state index < -0.39 is 19.1 Å². The summed E-state index contributed by atoms with van der Waals surface area (Å²) in [7, 11) is 0. The van der Waals surface area contributed by atoms with Crippen molar-refractivity contribution in [1.29, 1.82) is 0 Å². The normalized spacial score (nSPS) is 11.1. The molecular weight excluding hydrogens is 624 g/mol. The zero-order valence-corrected chi connectivity index (χ0v) is 23.6. The van der Waals surface area contributed by atoms with Crippen LogP contribution in [0.3, 0.4) is 0 Å². The molecule has 0 aliphatic heterocycles. The van der Waals surface area contributed by atoms with Crippen molar-refractivity contribution in [3.8, 4) is 14.7 Å². The second-order valence-corrected chi connectivity index (χ2v) is 14.7. The van der Waals surface area contributed by atoms with E-state index in [1.807, 2.05) is 0 Å². The molecule has 0 saturated carbocycles. The molecule has 0 aliphatic carbocycles. The zero-order chi connectivity index (χ0) is 21.0. The molecule has 31 heavy (non-hydrogen) atoms. The van der Waals surface area contributed by atoms with Crippen molar-refractivity contribution in [2.75, 3.05) is 0 Å². The number of fused-ring (bicyclic) bond motifs is 3. The minimum absolute atomic E-state index is 0. The molecular formula is C28H24Br2Te. The van der Waals surface area contributed by atoms with Crippen molar-refractivity contribution in [1.82, 2.24) is 0 Å². The van der Waals surface area contributed by atoms with Crippen LogP contribution < -0.4 is 17.0 Å². The van der Waals surface area contributed by atoms with Crippen molar-refractivity contribution >= 4 is 52.6 Å². The zero-order valence-electron chi connectivity index (χ0n) is 18.1. The number of benzene rings is 4. The molecule has 1 aromatic heterocycles. The molecule has 1 heterocycles. The second kappa shape index (κ2) is 8.87. The summed E-state index contributed by atoms with van der Waals surface area (Å²) < 4.78 is 5.92. The number of halogens is 2. The molecule has 3 heteroatoms. The standard InChI is InChI=1S/C28H24BrTe.BrH/c1-17-5-9-21(25(29)13-17)22-10-6-18(2)14-26(22)30-27-15-19(3)7-11-23(27)24-12-8-20(4)16-28(24)30;/h5-16H,1-4H3;1H/q+1;/p-1. The molecule has 0 nitrogen and oxygen atoms in total. The van der Waals surface area contributed by atoms with Crippen LogP contribution in [0, 0.1) is 27.7 Å². The molecule has 0 atom stereocenters. The van der Waals surface area contributed by atoms with E-state index in [-0.39, 0.29) is 17.0 Å². The van der Waals surface area contributed by atoms with Gasteiger partial charge in [0.2, 0.25) is 0 Å². The molecule has 156 valence electrons. The molecule has 0 amide bonds. The van der Waals surface area contributed by atoms with E-state index in [2.05, 4.69) is 116 Å². The van der Waals surface area contributed by atoms with Crippen LogP contribution in [0.2, 0.25) is 0 Å². The van der Waals surface area contributed by atoms with Crippen LogP contribution in [-0.4, -0.2) is 19.1 Å². The van der Waals surface area contributed by atoms with Crippen LogP contribution >= 0.6 is 15.9 Å². The molecule has 0 saturated heterocycles. The first-order valence-corrected chi connectivity index (χ1v) is 14.5. The summed E-state index contributed by atoms with van der Waals surface area (Å²) in [6.45, 7) is 8.81. The third-order valence-electron chi connectivity index (χ3n) is 5.78. The van der Waals surface area contributed by atoms with E-state index in [0.29, 0.717) is 0 Å². The number of aryl methyl sites for hydroxylation is 4. The van der Waals surface area contributed by atoms with E-state index in [9.17, 15) is 0 Å². The molecule has 0 unspecified atom stereocenters. The molecule has 0 radical (unpaired) electrons. The summed E-state index contributed by atoms with van der Waals surface area (Å²) in [5, 5.41) is 2.89. The van der Waals surface area contributed by atoms with Crippen LogP contribution in [-0.2, 0) is 0 Å². The van der Waals surface area contributed by atoms with E-state index in [4.69, 9.17) is 0 Å². The molecule has 5 aromatic rings. The van der Waals surface area contributed by atoms with Gasteiger partial charge in [-0.1, -0.05) is 0 Å². The van der Waals surface area contributed by atoms with Crippen LogP contribution in [0.25, 0.3) is 32.3 Å². The average molecular weight is 648 g/mol. The fourth-order valence-corrected chi connectivity index (χ4v) is 13.0. The van der Waals surface area contributed by atoms with Gasteiger partial charge in [-0.05, 0) is 0 Å². The van der Waals surface area contributed by atoms with Gasteiger partial charge in [-0.25, -0.2) is 0 Å². The van der Waals surface area contributed by atoms with Crippen LogP contribution in [0.5, 0.6) is 0 Å². The van der Waals surface area contributed by atoms with Crippen LogP contribution in [0.15, 0.2) is 77.3 Å². The van der Waals surface area contributed by atoms with Crippen molar-refractivity contribution in [2.45, 2.75) is 27.7 Å². The maximum absolute atomic E-state index is 3.85. The number of hydrogen-bond donors (Lipinski definition) is 0. The Labute approximate surface area is 210 Å². The third-order valence-corrected chi connectivity index (χ3v) is 13.1. The molecule has 4 aromatic carbocycles. The van der Waals surface area contributed by atoms with Gasteiger partial charge in [-0.2, -0.15) is 0 Å². The van der Waals surface area contributed by atoms with Gasteiger partial charge >= 0.3 is 195 Å². The van der Waals surface area contributed by atoms with Crippen LogP contribution in [0.4, 0.5) is 0 Å². The van der Waals surface area contributed by atoms with Crippen molar-refractivity contribution < 1.29 is 17.0 Å². The summed E-state index contributed by atoms with van der Waals surface area (Å²) in [6, 6.07) is 27.9. The Kier molecular flexibility index (Phi) is 6.53. The van der Waals surface area contributed by atoms with Crippen molar-refractivity contribution in [3.63, 3.8) is 0 Å². The summed E-state index contributed by atoms with van der Waals surface area (Å²) in [5.41, 5.74) is 8.01. The Hall–Kier alpha value is -1.37. The SMILES string of the molecule is Cc1ccc(-c2ccc(C)cc2-[te+]2c3cc(C)ccc3c3ccc(C)cc32)c(Br)c1.[Br-]. The summed E-state index contributed by atoms with van der Waals surface area (Å²) in [6.07, 6.45) is 0. The molecule has 0 fully saturated rings. The van der Waals surface area contributed by atoms with Gasteiger partial charge in [0.15, 0.2) is 0 Å². The first kappa shape index (κ1) is 22.8. The molecule has 0 bridgehead atoms. The quantitative estimate of drug-likeness (QED) is 0.226. The Balaban J connectivity index is 0.00000231. The van der Waals surface area contributed by atoms with E-state index in [1.54, 1.807) is 10.4 Å². The Bertz CT molecular complexity index is 1380. The topological polar surface area (TPSA) is 0 Å². The van der Waals surface area contributed by atoms with Gasteiger partial charge in [-0.3, -0.25) is 0 Å². The first-order valence-electron chi connectivity index (χ1n) is 10.3. The fraction of sp³-hybridized carbons (Fsp3) is 0.143. The van der Waals surface area contributed by atoms with Crippen molar-refractivity contribution in [2.24, 2.45) is 0 Å². The number of rotatable bonds is 2. The minimum atomic E-state index is -1.99. The van der Waals surface area contributed by atoms with Gasteiger partial charge < -0.3 is 17.0 Å². The predicted octanol–water partition coefficient (Wildman–Crippen LogP) is 5.39. The maximum Gasteiger partial charge on any atom is -1.00 e.